The zero-order chi connectivity index (χ0) is 17.4. The molecule has 2 aliphatic heterocycles. The zero-order valence-electron chi connectivity index (χ0n) is 14.2. The third kappa shape index (κ3) is 3.31. The number of nitrogens with zero attached hydrogens (tertiary/aromatic N) is 2. The quantitative estimate of drug-likeness (QED) is 0.885. The molecule has 0 unspecified atom stereocenters. The van der Waals surface area contributed by atoms with Crippen molar-refractivity contribution in [1.29, 1.82) is 0 Å². The van der Waals surface area contributed by atoms with Crippen LogP contribution in [0, 0.1) is 0 Å². The number of benzene rings is 2. The molecule has 6 heteroatoms. The van der Waals surface area contributed by atoms with Gasteiger partial charge in [-0.05, 0) is 16.3 Å². The number of fused-ring (bicyclic) bond motifs is 2. The third-order valence-corrected chi connectivity index (χ3v) is 7.25. The Morgan fingerprint density at radius 2 is 1.64 bits per heavy atom. The van der Waals surface area contributed by atoms with Crippen molar-refractivity contribution >= 4 is 20.6 Å². The van der Waals surface area contributed by atoms with Crippen LogP contribution in [0.25, 0.3) is 10.8 Å². The maximum absolute atomic E-state index is 12.2. The number of β-amino-alcohol motifs (C(OH)–C–C–N with tert-alkyl or cyclic N) is 1. The van der Waals surface area contributed by atoms with Gasteiger partial charge >= 0.3 is 0 Å². The summed E-state index contributed by atoms with van der Waals surface area (Å²) in [6.45, 7) is 3.04. The summed E-state index contributed by atoms with van der Waals surface area (Å²) in [4.78, 5) is 4.47. The van der Waals surface area contributed by atoms with Gasteiger partial charge in [0.05, 0.1) is 18.1 Å². The molecule has 4 rings (SSSR count). The lowest BCUT2D eigenvalue weighted by Gasteiger charge is -2.43. The molecule has 0 radical (unpaired) electrons. The van der Waals surface area contributed by atoms with Crippen LogP contribution in [0.3, 0.4) is 0 Å². The first-order chi connectivity index (χ1) is 12.1. The molecule has 2 aromatic rings. The summed E-state index contributed by atoms with van der Waals surface area (Å²) in [7, 11) is -3.01. The highest BCUT2D eigenvalue weighted by Gasteiger charge is 2.46. The van der Waals surface area contributed by atoms with E-state index in [1.54, 1.807) is 0 Å². The fourth-order valence-corrected chi connectivity index (χ4v) is 6.39. The normalized spacial score (nSPS) is 26.8. The predicted octanol–water partition coefficient (Wildman–Crippen LogP) is 1.12. The largest absolute Gasteiger partial charge is 0.395 e. The molecule has 134 valence electrons. The van der Waals surface area contributed by atoms with E-state index in [2.05, 4.69) is 40.1 Å². The SMILES string of the molecule is O=S1(=O)C[C@@H]2[C@H](C1)N(Cc1cccc3ccccc13)CCN2CCO. The van der Waals surface area contributed by atoms with E-state index < -0.39 is 9.84 Å². The minimum absolute atomic E-state index is 0.000811. The van der Waals surface area contributed by atoms with Crippen LogP contribution in [-0.4, -0.2) is 73.2 Å². The second-order valence-corrected chi connectivity index (χ2v) is 9.23. The second kappa shape index (κ2) is 6.68. The summed E-state index contributed by atoms with van der Waals surface area (Å²) in [5, 5.41) is 11.7. The van der Waals surface area contributed by atoms with E-state index in [0.29, 0.717) is 6.54 Å². The second-order valence-electron chi connectivity index (χ2n) is 7.08. The molecular formula is C19H24N2O3S. The smallest absolute Gasteiger partial charge is 0.153 e. The van der Waals surface area contributed by atoms with Crippen molar-refractivity contribution in [3.63, 3.8) is 0 Å². The Hall–Kier alpha value is -1.47. The Bertz CT molecular complexity index is 863. The lowest BCUT2D eigenvalue weighted by molar-refractivity contribution is 0.0310. The Morgan fingerprint density at radius 3 is 2.44 bits per heavy atom. The summed E-state index contributed by atoms with van der Waals surface area (Å²) in [5.41, 5.74) is 1.25. The average molecular weight is 360 g/mol. The summed E-state index contributed by atoms with van der Waals surface area (Å²) in [6, 6.07) is 14.7. The number of aliphatic hydroxyl groups is 1. The van der Waals surface area contributed by atoms with Crippen molar-refractivity contribution in [3.05, 3.63) is 48.0 Å². The van der Waals surface area contributed by atoms with Crippen molar-refractivity contribution in [3.8, 4) is 0 Å². The topological polar surface area (TPSA) is 60.9 Å². The van der Waals surface area contributed by atoms with E-state index in [0.717, 1.165) is 19.6 Å². The Kier molecular flexibility index (Phi) is 4.54. The van der Waals surface area contributed by atoms with E-state index in [1.165, 1.54) is 16.3 Å². The van der Waals surface area contributed by atoms with Crippen molar-refractivity contribution in [2.45, 2.75) is 18.6 Å². The van der Waals surface area contributed by atoms with E-state index in [9.17, 15) is 13.5 Å². The molecule has 2 aliphatic rings. The first-order valence-electron chi connectivity index (χ1n) is 8.83. The number of piperazine rings is 1. The Balaban J connectivity index is 1.62. The molecule has 2 atom stereocenters. The van der Waals surface area contributed by atoms with Crippen molar-refractivity contribution < 1.29 is 13.5 Å². The molecule has 0 aliphatic carbocycles. The van der Waals surface area contributed by atoms with E-state index in [-0.39, 0.29) is 30.2 Å². The molecule has 1 N–H and O–H groups in total. The highest BCUT2D eigenvalue weighted by molar-refractivity contribution is 7.91. The fraction of sp³-hybridized carbons (Fsp3) is 0.474. The van der Waals surface area contributed by atoms with E-state index >= 15 is 0 Å². The molecule has 2 saturated heterocycles. The van der Waals surface area contributed by atoms with Crippen LogP contribution in [0.2, 0.25) is 0 Å². The van der Waals surface area contributed by atoms with Gasteiger partial charge in [0, 0.05) is 38.3 Å². The molecule has 0 saturated carbocycles. The zero-order valence-corrected chi connectivity index (χ0v) is 15.0. The number of hydrogen-bond acceptors (Lipinski definition) is 5. The first kappa shape index (κ1) is 17.0. The van der Waals surface area contributed by atoms with Gasteiger partial charge in [0.15, 0.2) is 9.84 Å². The maximum Gasteiger partial charge on any atom is 0.153 e. The molecular weight excluding hydrogens is 336 g/mol. The maximum atomic E-state index is 12.2. The standard InChI is InChI=1S/C19H24N2O3S/c22-11-10-20-8-9-21(19-14-25(23,24)13-18(19)20)12-16-6-3-5-15-4-1-2-7-17(15)16/h1-7,18-19,22H,8-14H2/t18-,19+/m1/s1. The monoisotopic (exact) mass is 360 g/mol. The molecule has 2 fully saturated rings. The average Bonchev–Trinajstić information content (AvgIpc) is 2.93. The Morgan fingerprint density at radius 1 is 0.960 bits per heavy atom. The van der Waals surface area contributed by atoms with Gasteiger partial charge in [-0.25, -0.2) is 8.42 Å². The lowest BCUT2D eigenvalue weighted by Crippen LogP contribution is -2.59. The van der Waals surface area contributed by atoms with Crippen LogP contribution in [0.4, 0.5) is 0 Å². The molecule has 2 heterocycles. The molecule has 0 spiro atoms. The van der Waals surface area contributed by atoms with Crippen molar-refractivity contribution in [2.75, 3.05) is 37.7 Å². The number of rotatable bonds is 4. The van der Waals surface area contributed by atoms with Gasteiger partial charge in [-0.15, -0.1) is 0 Å². The minimum atomic E-state index is -3.01. The van der Waals surface area contributed by atoms with Gasteiger partial charge in [-0.1, -0.05) is 42.5 Å². The summed E-state index contributed by atoms with van der Waals surface area (Å²) in [6.07, 6.45) is 0. The highest BCUT2D eigenvalue weighted by Crippen LogP contribution is 2.29. The van der Waals surface area contributed by atoms with Crippen molar-refractivity contribution in [1.82, 2.24) is 9.80 Å². The molecule has 0 aromatic heterocycles. The summed E-state index contributed by atoms with van der Waals surface area (Å²) >= 11 is 0. The number of sulfone groups is 1. The van der Waals surface area contributed by atoms with E-state index in [4.69, 9.17) is 0 Å². The number of aliphatic hydroxyl groups excluding tert-OH is 1. The molecule has 2 aromatic carbocycles. The predicted molar refractivity (Wildman–Crippen MR) is 99.2 cm³/mol. The molecule has 0 bridgehead atoms. The van der Waals surface area contributed by atoms with Crippen LogP contribution in [0.15, 0.2) is 42.5 Å². The number of hydrogen-bond donors (Lipinski definition) is 1. The van der Waals surface area contributed by atoms with Gasteiger partial charge in [0.1, 0.15) is 0 Å². The molecule has 0 amide bonds. The Labute approximate surface area is 148 Å². The van der Waals surface area contributed by atoms with Crippen LogP contribution in [0.1, 0.15) is 5.56 Å². The first-order valence-corrected chi connectivity index (χ1v) is 10.7. The molecule has 5 nitrogen and oxygen atoms in total. The minimum Gasteiger partial charge on any atom is -0.395 e. The van der Waals surface area contributed by atoms with Gasteiger partial charge in [0.2, 0.25) is 0 Å². The fourth-order valence-electron chi connectivity index (χ4n) is 4.35. The van der Waals surface area contributed by atoms with Crippen LogP contribution < -0.4 is 0 Å². The molecule has 25 heavy (non-hydrogen) atoms. The summed E-state index contributed by atoms with van der Waals surface area (Å²) < 4.78 is 24.5. The van der Waals surface area contributed by atoms with Crippen molar-refractivity contribution in [2.24, 2.45) is 0 Å². The van der Waals surface area contributed by atoms with E-state index in [1.807, 2.05) is 12.1 Å². The van der Waals surface area contributed by atoms with Crippen LogP contribution >= 0.6 is 0 Å². The highest BCUT2D eigenvalue weighted by atomic mass is 32.2. The van der Waals surface area contributed by atoms with Crippen LogP contribution in [-0.2, 0) is 16.4 Å². The van der Waals surface area contributed by atoms with Gasteiger partial charge in [-0.3, -0.25) is 9.80 Å². The third-order valence-electron chi connectivity index (χ3n) is 5.55. The van der Waals surface area contributed by atoms with Gasteiger partial charge in [-0.2, -0.15) is 0 Å². The van der Waals surface area contributed by atoms with Gasteiger partial charge < -0.3 is 5.11 Å². The lowest BCUT2D eigenvalue weighted by atomic mass is 10.0. The summed E-state index contributed by atoms with van der Waals surface area (Å²) in [5.74, 6) is 0.439. The van der Waals surface area contributed by atoms with Crippen LogP contribution in [0.5, 0.6) is 0 Å². The van der Waals surface area contributed by atoms with Gasteiger partial charge in [0.25, 0.3) is 0 Å².